The maximum absolute atomic E-state index is 12.6. The van der Waals surface area contributed by atoms with E-state index in [1.807, 2.05) is 49.5 Å². The maximum atomic E-state index is 12.6. The fourth-order valence-corrected chi connectivity index (χ4v) is 3.00. The second-order valence-electron chi connectivity index (χ2n) is 5.69. The Morgan fingerprint density at radius 3 is 2.78 bits per heavy atom. The van der Waals surface area contributed by atoms with Gasteiger partial charge in [0.2, 0.25) is 0 Å². The average Bonchev–Trinajstić information content (AvgIpc) is 2.59. The highest BCUT2D eigenvalue weighted by molar-refractivity contribution is 5.94. The molecule has 0 spiro atoms. The normalized spacial score (nSPS) is 12.2. The van der Waals surface area contributed by atoms with Gasteiger partial charge in [0.15, 0.2) is 0 Å². The van der Waals surface area contributed by atoms with E-state index in [0.29, 0.717) is 12.8 Å². The highest BCUT2D eigenvalue weighted by Gasteiger charge is 2.21. The van der Waals surface area contributed by atoms with Gasteiger partial charge in [0.25, 0.3) is 0 Å². The van der Waals surface area contributed by atoms with Crippen molar-refractivity contribution in [3.63, 3.8) is 0 Å². The summed E-state index contributed by atoms with van der Waals surface area (Å²) >= 11 is 0. The molecule has 0 amide bonds. The molecule has 3 rings (SSSR count). The average molecular weight is 305 g/mol. The number of pyridine rings is 1. The molecule has 1 atom stereocenters. The number of benzene rings is 2. The third-order valence-electron chi connectivity index (χ3n) is 4.17. The summed E-state index contributed by atoms with van der Waals surface area (Å²) in [6.45, 7) is 1.90. The molecule has 0 radical (unpaired) electrons. The summed E-state index contributed by atoms with van der Waals surface area (Å²) in [7, 11) is 0. The Labute approximate surface area is 135 Å². The minimum atomic E-state index is -0.197. The first kappa shape index (κ1) is 15.2. The Morgan fingerprint density at radius 2 is 2.04 bits per heavy atom. The van der Waals surface area contributed by atoms with Crippen LogP contribution in [0.4, 0.5) is 0 Å². The first-order chi connectivity index (χ1) is 11.2. The lowest BCUT2D eigenvalue weighted by molar-refractivity contribution is -0.120. The summed E-state index contributed by atoms with van der Waals surface area (Å²) in [5, 5.41) is 11.6. The number of hydrogen-bond donors (Lipinski definition) is 1. The quantitative estimate of drug-likeness (QED) is 0.767. The van der Waals surface area contributed by atoms with Crippen molar-refractivity contribution in [1.29, 1.82) is 0 Å². The van der Waals surface area contributed by atoms with Gasteiger partial charge in [0, 0.05) is 24.7 Å². The lowest BCUT2D eigenvalue weighted by Crippen LogP contribution is -2.15. The number of phenolic OH excluding ortho intramolecular Hbond substituents is 1. The fraction of sp³-hybridized carbons (Fsp3) is 0.200. The zero-order valence-electron chi connectivity index (χ0n) is 13.1. The van der Waals surface area contributed by atoms with E-state index in [4.69, 9.17) is 0 Å². The molecule has 0 aliphatic rings. The van der Waals surface area contributed by atoms with E-state index < -0.39 is 0 Å². The Bertz CT molecular complexity index is 827. The molecule has 3 aromatic rings. The van der Waals surface area contributed by atoms with Gasteiger partial charge < -0.3 is 5.11 Å². The van der Waals surface area contributed by atoms with Crippen LogP contribution in [-0.2, 0) is 11.2 Å². The molecule has 0 fully saturated rings. The second kappa shape index (κ2) is 6.61. The Morgan fingerprint density at radius 1 is 1.17 bits per heavy atom. The van der Waals surface area contributed by atoms with Crippen molar-refractivity contribution in [2.24, 2.45) is 0 Å². The van der Waals surface area contributed by atoms with Crippen molar-refractivity contribution in [3.8, 4) is 5.75 Å². The summed E-state index contributed by atoms with van der Waals surface area (Å²) in [5.74, 6) is 0.257. The highest BCUT2D eigenvalue weighted by atomic mass is 16.3. The highest BCUT2D eigenvalue weighted by Crippen LogP contribution is 2.31. The molecule has 23 heavy (non-hydrogen) atoms. The molecule has 1 N–H and O–H groups in total. The Kier molecular flexibility index (Phi) is 4.38. The van der Waals surface area contributed by atoms with E-state index in [0.717, 1.165) is 21.9 Å². The monoisotopic (exact) mass is 305 g/mol. The number of rotatable bonds is 5. The van der Waals surface area contributed by atoms with Crippen LogP contribution in [0, 0.1) is 0 Å². The molecule has 2 aromatic carbocycles. The lowest BCUT2D eigenvalue weighted by atomic mass is 9.85. The van der Waals surface area contributed by atoms with Crippen molar-refractivity contribution in [1.82, 2.24) is 4.98 Å². The summed E-state index contributed by atoms with van der Waals surface area (Å²) in [5.41, 5.74) is 2.06. The fourth-order valence-electron chi connectivity index (χ4n) is 3.00. The van der Waals surface area contributed by atoms with E-state index in [1.165, 1.54) is 0 Å². The molecule has 0 aliphatic heterocycles. The molecule has 1 heterocycles. The number of nitrogens with zero attached hydrogens (tertiary/aromatic N) is 1. The van der Waals surface area contributed by atoms with Gasteiger partial charge in [0.05, 0.1) is 0 Å². The van der Waals surface area contributed by atoms with Crippen LogP contribution in [0.25, 0.3) is 10.8 Å². The predicted molar refractivity (Wildman–Crippen MR) is 91.6 cm³/mol. The molecule has 0 aliphatic carbocycles. The van der Waals surface area contributed by atoms with Gasteiger partial charge in [-0.25, -0.2) is 0 Å². The van der Waals surface area contributed by atoms with Crippen molar-refractivity contribution in [2.75, 3.05) is 0 Å². The summed E-state index contributed by atoms with van der Waals surface area (Å²) in [4.78, 5) is 16.7. The van der Waals surface area contributed by atoms with Crippen LogP contribution < -0.4 is 0 Å². The minimum Gasteiger partial charge on any atom is -0.508 e. The van der Waals surface area contributed by atoms with E-state index in [1.54, 1.807) is 18.3 Å². The van der Waals surface area contributed by atoms with Gasteiger partial charge in [-0.15, -0.1) is 0 Å². The van der Waals surface area contributed by atoms with Crippen LogP contribution in [0.5, 0.6) is 5.75 Å². The van der Waals surface area contributed by atoms with E-state index in [9.17, 15) is 9.90 Å². The molecular formula is C20H19NO2. The van der Waals surface area contributed by atoms with E-state index >= 15 is 0 Å². The van der Waals surface area contributed by atoms with Crippen molar-refractivity contribution < 1.29 is 9.90 Å². The Balaban J connectivity index is 2.08. The zero-order chi connectivity index (χ0) is 16.2. The number of aromatic hydroxyl groups is 1. The number of carbonyl (C=O) groups is 1. The van der Waals surface area contributed by atoms with Gasteiger partial charge in [-0.2, -0.15) is 0 Å². The molecule has 0 bridgehead atoms. The topological polar surface area (TPSA) is 50.2 Å². The number of ketones is 1. The van der Waals surface area contributed by atoms with Crippen molar-refractivity contribution >= 4 is 16.6 Å². The van der Waals surface area contributed by atoms with Crippen LogP contribution in [0.1, 0.15) is 30.4 Å². The van der Waals surface area contributed by atoms with Crippen molar-refractivity contribution in [2.45, 2.75) is 25.7 Å². The van der Waals surface area contributed by atoms with Crippen LogP contribution in [0.15, 0.2) is 60.9 Å². The van der Waals surface area contributed by atoms with Gasteiger partial charge in [-0.05, 0) is 46.5 Å². The van der Waals surface area contributed by atoms with Crippen LogP contribution in [-0.4, -0.2) is 15.9 Å². The maximum Gasteiger partial charge on any atom is 0.140 e. The second-order valence-corrected chi connectivity index (χ2v) is 5.69. The van der Waals surface area contributed by atoms with Crippen LogP contribution >= 0.6 is 0 Å². The predicted octanol–water partition coefficient (Wildman–Crippen LogP) is 4.25. The van der Waals surface area contributed by atoms with Crippen LogP contribution in [0.3, 0.4) is 0 Å². The number of carbonyl (C=O) groups excluding carboxylic acids is 1. The summed E-state index contributed by atoms with van der Waals surface area (Å²) in [6, 6.07) is 15.1. The number of Topliss-reactive ketones (excluding diaryl/α,β-unsaturated/α-hetero) is 1. The van der Waals surface area contributed by atoms with Gasteiger partial charge in [-0.1, -0.05) is 37.3 Å². The van der Waals surface area contributed by atoms with E-state index in [2.05, 4.69) is 4.98 Å². The molecule has 3 nitrogen and oxygen atoms in total. The largest absolute Gasteiger partial charge is 0.508 e. The number of aromatic nitrogens is 1. The first-order valence-electron chi connectivity index (χ1n) is 7.82. The molecule has 0 saturated heterocycles. The third-order valence-corrected chi connectivity index (χ3v) is 4.17. The smallest absolute Gasteiger partial charge is 0.140 e. The minimum absolute atomic E-state index is 0.197. The van der Waals surface area contributed by atoms with Crippen molar-refractivity contribution in [3.05, 3.63) is 72.1 Å². The van der Waals surface area contributed by atoms with Gasteiger partial charge in [0.1, 0.15) is 11.5 Å². The SMILES string of the molecule is CCC(=O)C(Cc1cccnc1)c1cccc2cc(O)ccc12. The molecule has 3 heteroatoms. The molecular weight excluding hydrogens is 286 g/mol. The number of fused-ring (bicyclic) bond motifs is 1. The zero-order valence-corrected chi connectivity index (χ0v) is 13.1. The van der Waals surface area contributed by atoms with Gasteiger partial charge >= 0.3 is 0 Å². The number of phenols is 1. The Hall–Kier alpha value is -2.68. The van der Waals surface area contributed by atoms with E-state index in [-0.39, 0.29) is 17.5 Å². The number of hydrogen-bond acceptors (Lipinski definition) is 3. The molecule has 1 unspecified atom stereocenters. The van der Waals surface area contributed by atoms with Crippen LogP contribution in [0.2, 0.25) is 0 Å². The molecule has 1 aromatic heterocycles. The lowest BCUT2D eigenvalue weighted by Gasteiger charge is -2.18. The third kappa shape index (κ3) is 3.24. The summed E-state index contributed by atoms with van der Waals surface area (Å²) < 4.78 is 0. The standard InChI is InChI=1S/C20H19NO2/c1-2-20(23)19(11-14-5-4-10-21-13-14)18-7-3-6-15-12-16(22)8-9-17(15)18/h3-10,12-13,19,22H,2,11H2,1H3. The molecule has 0 saturated carbocycles. The summed E-state index contributed by atoms with van der Waals surface area (Å²) in [6.07, 6.45) is 4.69. The van der Waals surface area contributed by atoms with Gasteiger partial charge in [-0.3, -0.25) is 9.78 Å². The first-order valence-corrected chi connectivity index (χ1v) is 7.82. The molecule has 116 valence electrons.